The van der Waals surface area contributed by atoms with Gasteiger partial charge in [0.05, 0.1) is 19.8 Å². The van der Waals surface area contributed by atoms with Crippen LogP contribution in [-0.2, 0) is 0 Å². The Morgan fingerprint density at radius 1 is 1.11 bits per heavy atom. The summed E-state index contributed by atoms with van der Waals surface area (Å²) in [7, 11) is 0. The highest BCUT2D eigenvalue weighted by molar-refractivity contribution is 7.22. The first-order chi connectivity index (χ1) is 13.0. The number of carbonyl (C=O) groups is 1. The third kappa shape index (κ3) is 3.30. The van der Waals surface area contributed by atoms with Gasteiger partial charge in [-0.2, -0.15) is 0 Å². The molecule has 0 atom stereocenters. The summed E-state index contributed by atoms with van der Waals surface area (Å²) in [5, 5.41) is 8.40. The van der Waals surface area contributed by atoms with E-state index in [0.717, 1.165) is 4.70 Å². The number of nitrogens with one attached hydrogen (secondary N) is 1. The van der Waals surface area contributed by atoms with E-state index in [4.69, 9.17) is 39.3 Å². The third-order valence-corrected chi connectivity index (χ3v) is 5.95. The average Bonchev–Trinajstić information content (AvgIpc) is 3.22. The Bertz CT molecular complexity index is 1190. The molecule has 0 radical (unpaired) electrons. The number of hydrogen-bond donors (Lipinski definition) is 1. The molecule has 0 saturated heterocycles. The van der Waals surface area contributed by atoms with Crippen molar-refractivity contribution in [3.05, 3.63) is 62.8 Å². The van der Waals surface area contributed by atoms with Crippen LogP contribution in [0.2, 0.25) is 15.1 Å². The van der Waals surface area contributed by atoms with Crippen LogP contribution in [0.3, 0.4) is 0 Å². The van der Waals surface area contributed by atoms with Crippen molar-refractivity contribution >= 4 is 67.4 Å². The predicted molar refractivity (Wildman–Crippen MR) is 109 cm³/mol. The third-order valence-electron chi connectivity index (χ3n) is 3.89. The molecule has 27 heavy (non-hydrogen) atoms. The van der Waals surface area contributed by atoms with E-state index in [1.807, 2.05) is 6.07 Å². The van der Waals surface area contributed by atoms with E-state index in [1.54, 1.807) is 37.3 Å². The topological polar surface area (TPSA) is 68.0 Å². The molecular formula is C18H10Cl3N3O2S. The van der Waals surface area contributed by atoms with Gasteiger partial charge in [0.15, 0.2) is 5.13 Å². The first kappa shape index (κ1) is 18.3. The molecule has 0 unspecified atom stereocenters. The molecule has 1 N–H and O–H groups in total. The zero-order chi connectivity index (χ0) is 19.1. The number of fused-ring (bicyclic) bond motifs is 1. The minimum absolute atomic E-state index is 0.298. The lowest BCUT2D eigenvalue weighted by molar-refractivity contribution is 0.102. The van der Waals surface area contributed by atoms with Crippen molar-refractivity contribution in [2.45, 2.75) is 6.92 Å². The van der Waals surface area contributed by atoms with Crippen molar-refractivity contribution in [2.75, 3.05) is 5.32 Å². The lowest BCUT2D eigenvalue weighted by Crippen LogP contribution is -2.13. The highest BCUT2D eigenvalue weighted by Crippen LogP contribution is 2.36. The van der Waals surface area contributed by atoms with Gasteiger partial charge in [0.1, 0.15) is 22.5 Å². The van der Waals surface area contributed by atoms with Crippen LogP contribution >= 0.6 is 46.1 Å². The quantitative estimate of drug-likeness (QED) is 0.398. The number of thiazole rings is 1. The Morgan fingerprint density at radius 2 is 1.89 bits per heavy atom. The second-order valence-corrected chi connectivity index (χ2v) is 7.85. The van der Waals surface area contributed by atoms with E-state index >= 15 is 0 Å². The lowest BCUT2D eigenvalue weighted by Gasteiger charge is -2.04. The van der Waals surface area contributed by atoms with Gasteiger partial charge in [-0.3, -0.25) is 10.1 Å². The van der Waals surface area contributed by atoms with Crippen LogP contribution in [0.1, 0.15) is 16.1 Å². The van der Waals surface area contributed by atoms with Gasteiger partial charge in [0, 0.05) is 5.56 Å². The number of hydrogen-bond acceptors (Lipinski definition) is 5. The van der Waals surface area contributed by atoms with Crippen LogP contribution < -0.4 is 5.32 Å². The van der Waals surface area contributed by atoms with Crippen molar-refractivity contribution in [3.63, 3.8) is 0 Å². The Balaban J connectivity index is 1.72. The first-order valence-electron chi connectivity index (χ1n) is 7.72. The predicted octanol–water partition coefficient (Wildman–Crippen LogP) is 6.47. The lowest BCUT2D eigenvalue weighted by atomic mass is 10.1. The summed E-state index contributed by atoms with van der Waals surface area (Å²) in [6.07, 6.45) is 0. The van der Waals surface area contributed by atoms with Gasteiger partial charge in [0.25, 0.3) is 5.91 Å². The highest BCUT2D eigenvalue weighted by atomic mass is 35.5. The Morgan fingerprint density at radius 3 is 2.67 bits per heavy atom. The molecule has 0 bridgehead atoms. The summed E-state index contributed by atoms with van der Waals surface area (Å²) in [6, 6.07) is 10.6. The number of anilines is 1. The smallest absolute Gasteiger partial charge is 0.263 e. The molecule has 0 spiro atoms. The fraction of sp³-hybridized carbons (Fsp3) is 0.0556. The van der Waals surface area contributed by atoms with E-state index in [0.29, 0.717) is 48.3 Å². The van der Waals surface area contributed by atoms with E-state index in [-0.39, 0.29) is 0 Å². The molecule has 0 saturated carbocycles. The number of carbonyl (C=O) groups excluding carboxylic acids is 1. The van der Waals surface area contributed by atoms with Gasteiger partial charge in [-0.05, 0) is 25.1 Å². The summed E-state index contributed by atoms with van der Waals surface area (Å²) in [4.78, 5) is 17.2. The van der Waals surface area contributed by atoms with Gasteiger partial charge in [-0.15, -0.1) is 0 Å². The monoisotopic (exact) mass is 437 g/mol. The fourth-order valence-corrected chi connectivity index (χ4v) is 4.14. The normalized spacial score (nSPS) is 11.1. The Hall–Kier alpha value is -2.12. The van der Waals surface area contributed by atoms with Crippen LogP contribution in [-0.4, -0.2) is 16.0 Å². The van der Waals surface area contributed by atoms with Crippen LogP contribution in [0.5, 0.6) is 0 Å². The van der Waals surface area contributed by atoms with Crippen LogP contribution in [0, 0.1) is 6.92 Å². The Kier molecular flexibility index (Phi) is 4.82. The van der Waals surface area contributed by atoms with E-state index < -0.39 is 5.91 Å². The highest BCUT2D eigenvalue weighted by Gasteiger charge is 2.24. The molecule has 2 aromatic carbocycles. The number of benzene rings is 2. The molecule has 136 valence electrons. The number of halogens is 3. The van der Waals surface area contributed by atoms with Crippen molar-refractivity contribution in [1.82, 2.24) is 10.1 Å². The molecule has 9 heteroatoms. The summed E-state index contributed by atoms with van der Waals surface area (Å²) < 4.78 is 6.05. The first-order valence-corrected chi connectivity index (χ1v) is 9.68. The maximum atomic E-state index is 12.9. The number of amides is 1. The molecule has 0 aliphatic heterocycles. The van der Waals surface area contributed by atoms with E-state index in [1.165, 1.54) is 11.3 Å². The SMILES string of the molecule is Cc1onc(-c2ccccc2Cl)c1C(=O)Nc1nc2c(Cl)c(Cl)ccc2s1. The molecule has 0 aliphatic rings. The molecular weight excluding hydrogens is 429 g/mol. The van der Waals surface area contributed by atoms with Gasteiger partial charge < -0.3 is 4.52 Å². The minimum atomic E-state index is -0.398. The minimum Gasteiger partial charge on any atom is -0.360 e. The van der Waals surface area contributed by atoms with Crippen molar-refractivity contribution < 1.29 is 9.32 Å². The van der Waals surface area contributed by atoms with Crippen LogP contribution in [0.15, 0.2) is 40.9 Å². The van der Waals surface area contributed by atoms with E-state index in [9.17, 15) is 4.79 Å². The maximum absolute atomic E-state index is 12.9. The zero-order valence-corrected chi connectivity index (χ0v) is 16.8. The average molecular weight is 439 g/mol. The summed E-state index contributed by atoms with van der Waals surface area (Å²) >= 11 is 19.7. The van der Waals surface area contributed by atoms with Crippen LogP contribution in [0.25, 0.3) is 21.5 Å². The molecule has 5 nitrogen and oxygen atoms in total. The summed E-state index contributed by atoms with van der Waals surface area (Å²) in [5.74, 6) is -0.0189. The standard InChI is InChI=1S/C18H10Cl3N3O2S/c1-8-13(15(24-26-8)9-4-2-3-5-10(9)19)17(25)23-18-22-16-12(27-18)7-6-11(20)14(16)21/h2-7H,1H3,(H,22,23,25). The molecule has 0 fully saturated rings. The number of nitrogens with zero attached hydrogens (tertiary/aromatic N) is 2. The second-order valence-electron chi connectivity index (χ2n) is 5.62. The zero-order valence-electron chi connectivity index (χ0n) is 13.7. The Labute approximate surface area is 172 Å². The molecule has 4 rings (SSSR count). The molecule has 4 aromatic rings. The molecule has 2 heterocycles. The maximum Gasteiger partial charge on any atom is 0.263 e. The molecule has 0 aliphatic carbocycles. The van der Waals surface area contributed by atoms with Crippen molar-refractivity contribution in [2.24, 2.45) is 0 Å². The number of aryl methyl sites for hydroxylation is 1. The van der Waals surface area contributed by atoms with E-state index in [2.05, 4.69) is 15.5 Å². The molecule has 1 amide bonds. The van der Waals surface area contributed by atoms with Crippen molar-refractivity contribution in [1.29, 1.82) is 0 Å². The van der Waals surface area contributed by atoms with Gasteiger partial charge in [-0.25, -0.2) is 4.98 Å². The summed E-state index contributed by atoms with van der Waals surface area (Å²) in [5.41, 5.74) is 1.82. The largest absolute Gasteiger partial charge is 0.360 e. The van der Waals surface area contributed by atoms with Gasteiger partial charge in [0.2, 0.25) is 0 Å². The van der Waals surface area contributed by atoms with Gasteiger partial charge >= 0.3 is 0 Å². The van der Waals surface area contributed by atoms with Crippen molar-refractivity contribution in [3.8, 4) is 11.3 Å². The molecule has 2 aromatic heterocycles. The number of aromatic nitrogens is 2. The fourth-order valence-electron chi connectivity index (χ4n) is 2.63. The summed E-state index contributed by atoms with van der Waals surface area (Å²) in [6.45, 7) is 1.66. The van der Waals surface area contributed by atoms with Gasteiger partial charge in [-0.1, -0.05) is 69.5 Å². The van der Waals surface area contributed by atoms with Crippen LogP contribution in [0.4, 0.5) is 5.13 Å². The second kappa shape index (κ2) is 7.13. The number of rotatable bonds is 3.